The average molecular weight is 220 g/mol. The Morgan fingerprint density at radius 2 is 1.88 bits per heavy atom. The molecule has 17 heavy (non-hydrogen) atoms. The number of nitriles is 1. The van der Waals surface area contributed by atoms with Crippen LogP contribution in [0.25, 0.3) is 21.7 Å². The van der Waals surface area contributed by atoms with Crippen LogP contribution in [0, 0.1) is 11.3 Å². The molecule has 3 aromatic rings. The van der Waals surface area contributed by atoms with Crippen LogP contribution in [0.5, 0.6) is 5.75 Å². The summed E-state index contributed by atoms with van der Waals surface area (Å²) in [7, 11) is 0. The van der Waals surface area contributed by atoms with Crippen molar-refractivity contribution < 1.29 is 5.11 Å². The Bertz CT molecular complexity index is 772. The summed E-state index contributed by atoms with van der Waals surface area (Å²) in [6, 6.07) is 14.9. The van der Waals surface area contributed by atoms with Crippen molar-refractivity contribution in [3.8, 4) is 11.8 Å². The average Bonchev–Trinajstić information content (AvgIpc) is 2.38. The predicted molar refractivity (Wildman–Crippen MR) is 65.6 cm³/mol. The van der Waals surface area contributed by atoms with E-state index < -0.39 is 0 Å². The standard InChI is InChI=1S/C14H8N2O/c15-8-10-5-6-12-11-4-2-1-3-9(11)7-13(17)14(12)16-10/h1-7,17H. The topological polar surface area (TPSA) is 56.9 Å². The summed E-state index contributed by atoms with van der Waals surface area (Å²) in [6.07, 6.45) is 0. The molecule has 0 aliphatic heterocycles. The fourth-order valence-electron chi connectivity index (χ4n) is 2.02. The molecule has 0 atom stereocenters. The molecule has 0 bridgehead atoms. The number of fused-ring (bicyclic) bond motifs is 3. The summed E-state index contributed by atoms with van der Waals surface area (Å²) in [5.41, 5.74) is 0.783. The predicted octanol–water partition coefficient (Wildman–Crippen LogP) is 2.97. The maximum absolute atomic E-state index is 9.92. The van der Waals surface area contributed by atoms with E-state index in [0.29, 0.717) is 11.2 Å². The first-order valence-corrected chi connectivity index (χ1v) is 5.21. The molecule has 0 fully saturated rings. The van der Waals surface area contributed by atoms with E-state index >= 15 is 0 Å². The highest BCUT2D eigenvalue weighted by molar-refractivity contribution is 6.08. The van der Waals surface area contributed by atoms with E-state index in [2.05, 4.69) is 4.98 Å². The van der Waals surface area contributed by atoms with Crippen molar-refractivity contribution in [1.29, 1.82) is 5.26 Å². The lowest BCUT2D eigenvalue weighted by Crippen LogP contribution is -1.86. The highest BCUT2D eigenvalue weighted by Crippen LogP contribution is 2.31. The largest absolute Gasteiger partial charge is 0.506 e. The molecule has 1 heterocycles. The Balaban J connectivity index is 2.55. The Kier molecular flexibility index (Phi) is 1.96. The van der Waals surface area contributed by atoms with Crippen molar-refractivity contribution in [3.63, 3.8) is 0 Å². The van der Waals surface area contributed by atoms with E-state index in [9.17, 15) is 5.11 Å². The molecule has 3 heteroatoms. The van der Waals surface area contributed by atoms with Crippen LogP contribution in [0.4, 0.5) is 0 Å². The van der Waals surface area contributed by atoms with E-state index in [1.54, 1.807) is 12.1 Å². The van der Waals surface area contributed by atoms with Crippen molar-refractivity contribution in [3.05, 3.63) is 48.2 Å². The summed E-state index contributed by atoms with van der Waals surface area (Å²) in [6.45, 7) is 0. The molecule has 1 aromatic heterocycles. The lowest BCUT2D eigenvalue weighted by Gasteiger charge is -2.05. The summed E-state index contributed by atoms with van der Waals surface area (Å²) in [4.78, 5) is 4.13. The quantitative estimate of drug-likeness (QED) is 0.592. The van der Waals surface area contributed by atoms with Crippen molar-refractivity contribution >= 4 is 21.7 Å². The number of hydrogen-bond acceptors (Lipinski definition) is 3. The second kappa shape index (κ2) is 3.46. The first-order valence-electron chi connectivity index (χ1n) is 5.21. The zero-order valence-electron chi connectivity index (χ0n) is 8.88. The van der Waals surface area contributed by atoms with E-state index in [-0.39, 0.29) is 5.75 Å². The van der Waals surface area contributed by atoms with Gasteiger partial charge in [-0.2, -0.15) is 5.26 Å². The Hall–Kier alpha value is -2.60. The van der Waals surface area contributed by atoms with Gasteiger partial charge >= 0.3 is 0 Å². The number of hydrogen-bond donors (Lipinski definition) is 1. The maximum atomic E-state index is 9.92. The smallest absolute Gasteiger partial charge is 0.142 e. The number of nitrogens with zero attached hydrogens (tertiary/aromatic N) is 2. The fraction of sp³-hybridized carbons (Fsp3) is 0. The molecule has 80 valence electrons. The third-order valence-corrected chi connectivity index (χ3v) is 2.80. The summed E-state index contributed by atoms with van der Waals surface area (Å²) < 4.78 is 0. The Labute approximate surface area is 97.6 Å². The summed E-state index contributed by atoms with van der Waals surface area (Å²) in [5, 5.41) is 21.6. The van der Waals surface area contributed by atoms with Crippen LogP contribution in [0.1, 0.15) is 5.69 Å². The van der Waals surface area contributed by atoms with Crippen LogP contribution in [0.2, 0.25) is 0 Å². The van der Waals surface area contributed by atoms with Crippen LogP contribution in [-0.4, -0.2) is 10.1 Å². The molecule has 0 amide bonds. The zero-order valence-corrected chi connectivity index (χ0v) is 8.88. The van der Waals surface area contributed by atoms with Gasteiger partial charge in [-0.25, -0.2) is 4.98 Å². The van der Waals surface area contributed by atoms with Crippen molar-refractivity contribution in [2.45, 2.75) is 0 Å². The second-order valence-corrected chi connectivity index (χ2v) is 3.82. The highest BCUT2D eigenvalue weighted by atomic mass is 16.3. The van der Waals surface area contributed by atoms with Gasteiger partial charge in [-0.05, 0) is 29.0 Å². The van der Waals surface area contributed by atoms with E-state index in [1.165, 1.54) is 0 Å². The number of pyridine rings is 1. The fourth-order valence-corrected chi connectivity index (χ4v) is 2.02. The van der Waals surface area contributed by atoms with Crippen molar-refractivity contribution in [2.24, 2.45) is 0 Å². The van der Waals surface area contributed by atoms with Crippen LogP contribution in [-0.2, 0) is 0 Å². The number of phenolic OH excluding ortho intramolecular Hbond substituents is 1. The first-order chi connectivity index (χ1) is 8.29. The molecule has 0 unspecified atom stereocenters. The molecule has 0 radical (unpaired) electrons. The number of aromatic hydroxyl groups is 1. The lowest BCUT2D eigenvalue weighted by atomic mass is 10.0. The highest BCUT2D eigenvalue weighted by Gasteiger charge is 2.07. The summed E-state index contributed by atoms with van der Waals surface area (Å²) >= 11 is 0. The van der Waals surface area contributed by atoms with Gasteiger partial charge < -0.3 is 5.11 Å². The molecule has 3 rings (SSSR count). The van der Waals surface area contributed by atoms with Gasteiger partial charge in [0.2, 0.25) is 0 Å². The number of phenols is 1. The minimum absolute atomic E-state index is 0.107. The molecule has 0 aliphatic carbocycles. The minimum Gasteiger partial charge on any atom is -0.506 e. The molecular formula is C14H8N2O. The summed E-state index contributed by atoms with van der Waals surface area (Å²) in [5.74, 6) is 0.107. The van der Waals surface area contributed by atoms with E-state index in [4.69, 9.17) is 5.26 Å². The van der Waals surface area contributed by atoms with Crippen LogP contribution in [0.3, 0.4) is 0 Å². The van der Waals surface area contributed by atoms with Crippen LogP contribution in [0.15, 0.2) is 42.5 Å². The number of benzene rings is 2. The van der Waals surface area contributed by atoms with Gasteiger partial charge in [0.1, 0.15) is 23.0 Å². The van der Waals surface area contributed by atoms with E-state index in [1.807, 2.05) is 36.4 Å². The van der Waals surface area contributed by atoms with Gasteiger partial charge in [0.25, 0.3) is 0 Å². The lowest BCUT2D eigenvalue weighted by molar-refractivity contribution is 0.481. The molecule has 3 nitrogen and oxygen atoms in total. The normalized spacial score (nSPS) is 10.5. The SMILES string of the molecule is N#Cc1ccc2c(n1)c(O)cc1ccccc12. The van der Waals surface area contributed by atoms with Crippen LogP contribution < -0.4 is 0 Å². The Morgan fingerprint density at radius 1 is 1.06 bits per heavy atom. The zero-order chi connectivity index (χ0) is 11.8. The molecular weight excluding hydrogens is 212 g/mol. The second-order valence-electron chi connectivity index (χ2n) is 3.82. The molecule has 0 saturated heterocycles. The molecule has 0 spiro atoms. The van der Waals surface area contributed by atoms with Gasteiger partial charge in [0, 0.05) is 5.39 Å². The third-order valence-electron chi connectivity index (χ3n) is 2.80. The number of rotatable bonds is 0. The monoisotopic (exact) mass is 220 g/mol. The van der Waals surface area contributed by atoms with Gasteiger partial charge in [-0.1, -0.05) is 24.3 Å². The van der Waals surface area contributed by atoms with Crippen molar-refractivity contribution in [2.75, 3.05) is 0 Å². The minimum atomic E-state index is 0.107. The first kappa shape index (κ1) is 9.61. The Morgan fingerprint density at radius 3 is 2.71 bits per heavy atom. The van der Waals surface area contributed by atoms with Gasteiger partial charge in [0.15, 0.2) is 0 Å². The van der Waals surface area contributed by atoms with Crippen LogP contribution >= 0.6 is 0 Å². The van der Waals surface area contributed by atoms with E-state index in [0.717, 1.165) is 16.2 Å². The third kappa shape index (κ3) is 1.39. The molecule has 0 saturated carbocycles. The van der Waals surface area contributed by atoms with Crippen molar-refractivity contribution in [1.82, 2.24) is 4.98 Å². The molecule has 2 aromatic carbocycles. The molecule has 0 aliphatic rings. The number of aromatic nitrogens is 1. The maximum Gasteiger partial charge on any atom is 0.142 e. The van der Waals surface area contributed by atoms with Gasteiger partial charge in [0.05, 0.1) is 0 Å². The molecule has 1 N–H and O–H groups in total. The van der Waals surface area contributed by atoms with Gasteiger partial charge in [-0.3, -0.25) is 0 Å². The van der Waals surface area contributed by atoms with Gasteiger partial charge in [-0.15, -0.1) is 0 Å².